The minimum Gasteiger partial charge on any atom is -0.311 e. The molecular weight excluding hydrogens is 274 g/mol. The predicted octanol–water partition coefficient (Wildman–Crippen LogP) is 3.34. The van der Waals surface area contributed by atoms with E-state index in [-0.39, 0.29) is 5.91 Å². The SMILES string of the molecule is CSc1ccc(Cl)cc1N1CC(CS)CC1=O. The van der Waals surface area contributed by atoms with Crippen LogP contribution in [-0.4, -0.2) is 24.5 Å². The smallest absolute Gasteiger partial charge is 0.227 e. The number of thiol groups is 1. The number of hydrogen-bond donors (Lipinski definition) is 1. The van der Waals surface area contributed by atoms with Crippen LogP contribution in [0.2, 0.25) is 5.02 Å². The number of thioether (sulfide) groups is 1. The Morgan fingerprint density at radius 3 is 2.94 bits per heavy atom. The summed E-state index contributed by atoms with van der Waals surface area (Å²) in [6.07, 6.45) is 2.59. The van der Waals surface area contributed by atoms with Crippen molar-refractivity contribution in [1.82, 2.24) is 0 Å². The molecule has 1 aliphatic rings. The normalized spacial score (nSPS) is 20.1. The van der Waals surface area contributed by atoms with E-state index in [1.165, 1.54) is 0 Å². The van der Waals surface area contributed by atoms with Crippen LogP contribution >= 0.6 is 36.0 Å². The van der Waals surface area contributed by atoms with Crippen molar-refractivity contribution < 1.29 is 4.79 Å². The first-order valence-corrected chi connectivity index (χ1v) is 7.64. The van der Waals surface area contributed by atoms with Crippen molar-refractivity contribution in [3.8, 4) is 0 Å². The van der Waals surface area contributed by atoms with Crippen LogP contribution in [0.25, 0.3) is 0 Å². The second kappa shape index (κ2) is 5.55. The van der Waals surface area contributed by atoms with Gasteiger partial charge in [0.1, 0.15) is 0 Å². The van der Waals surface area contributed by atoms with Crippen molar-refractivity contribution in [3.05, 3.63) is 23.2 Å². The molecule has 0 aromatic heterocycles. The van der Waals surface area contributed by atoms with Crippen LogP contribution in [-0.2, 0) is 4.79 Å². The molecule has 1 heterocycles. The molecule has 1 atom stereocenters. The van der Waals surface area contributed by atoms with Crippen LogP contribution < -0.4 is 4.90 Å². The van der Waals surface area contributed by atoms with Crippen LogP contribution in [0, 0.1) is 5.92 Å². The Bertz CT molecular complexity index is 439. The average molecular weight is 288 g/mol. The summed E-state index contributed by atoms with van der Waals surface area (Å²) in [5.41, 5.74) is 0.930. The zero-order valence-electron chi connectivity index (χ0n) is 9.52. The van der Waals surface area contributed by atoms with Crippen LogP contribution in [0.3, 0.4) is 0 Å². The van der Waals surface area contributed by atoms with Crippen molar-refractivity contribution in [3.63, 3.8) is 0 Å². The largest absolute Gasteiger partial charge is 0.311 e. The number of anilines is 1. The molecule has 0 saturated carbocycles. The van der Waals surface area contributed by atoms with Gasteiger partial charge in [-0.3, -0.25) is 4.79 Å². The van der Waals surface area contributed by atoms with Crippen LogP contribution in [0.1, 0.15) is 6.42 Å². The van der Waals surface area contributed by atoms with E-state index in [4.69, 9.17) is 11.6 Å². The number of rotatable bonds is 3. The molecule has 17 heavy (non-hydrogen) atoms. The molecule has 1 fully saturated rings. The lowest BCUT2D eigenvalue weighted by molar-refractivity contribution is -0.117. The fourth-order valence-electron chi connectivity index (χ4n) is 2.01. The van der Waals surface area contributed by atoms with Crippen molar-refractivity contribution in [2.24, 2.45) is 5.92 Å². The van der Waals surface area contributed by atoms with Gasteiger partial charge in [0.2, 0.25) is 5.91 Å². The lowest BCUT2D eigenvalue weighted by Crippen LogP contribution is -2.25. The Labute approximate surface area is 116 Å². The highest BCUT2D eigenvalue weighted by Gasteiger charge is 2.30. The van der Waals surface area contributed by atoms with E-state index in [1.54, 1.807) is 11.8 Å². The van der Waals surface area contributed by atoms with Crippen molar-refractivity contribution in [1.29, 1.82) is 0 Å². The van der Waals surface area contributed by atoms with Crippen LogP contribution in [0.4, 0.5) is 5.69 Å². The minimum absolute atomic E-state index is 0.168. The number of nitrogens with zero attached hydrogens (tertiary/aromatic N) is 1. The van der Waals surface area contributed by atoms with Crippen LogP contribution in [0.5, 0.6) is 0 Å². The second-order valence-electron chi connectivity index (χ2n) is 4.07. The molecular formula is C12H14ClNOS2. The van der Waals surface area contributed by atoms with Gasteiger partial charge in [0, 0.05) is 22.9 Å². The third-order valence-electron chi connectivity index (χ3n) is 2.90. The Morgan fingerprint density at radius 1 is 1.59 bits per heavy atom. The molecule has 0 radical (unpaired) electrons. The molecule has 2 rings (SSSR count). The topological polar surface area (TPSA) is 20.3 Å². The minimum atomic E-state index is 0.168. The third-order valence-corrected chi connectivity index (χ3v) is 4.43. The molecule has 1 saturated heterocycles. The maximum atomic E-state index is 12.0. The zero-order chi connectivity index (χ0) is 12.4. The van der Waals surface area contributed by atoms with Crippen molar-refractivity contribution in [2.45, 2.75) is 11.3 Å². The zero-order valence-corrected chi connectivity index (χ0v) is 12.0. The molecule has 1 aromatic carbocycles. The Morgan fingerprint density at radius 2 is 2.35 bits per heavy atom. The van der Waals surface area contributed by atoms with Gasteiger partial charge in [-0.25, -0.2) is 0 Å². The fraction of sp³-hybridized carbons (Fsp3) is 0.417. The molecule has 0 bridgehead atoms. The summed E-state index contributed by atoms with van der Waals surface area (Å²) in [5.74, 6) is 1.26. The number of halogens is 1. The molecule has 92 valence electrons. The van der Waals surface area contributed by atoms with Crippen LogP contribution in [0.15, 0.2) is 23.1 Å². The van der Waals surface area contributed by atoms with E-state index in [1.807, 2.05) is 29.4 Å². The summed E-state index contributed by atoms with van der Waals surface area (Å²) < 4.78 is 0. The van der Waals surface area contributed by atoms with E-state index in [0.717, 1.165) is 22.9 Å². The Hall–Kier alpha value is -0.320. The highest BCUT2D eigenvalue weighted by Crippen LogP contribution is 2.35. The first-order chi connectivity index (χ1) is 8.15. The number of amides is 1. The summed E-state index contributed by atoms with van der Waals surface area (Å²) in [4.78, 5) is 14.9. The molecule has 5 heteroatoms. The first kappa shape index (κ1) is 13.1. The number of hydrogen-bond acceptors (Lipinski definition) is 3. The standard InChI is InChI=1S/C12H14ClNOS2/c1-17-11-3-2-9(13)5-10(11)14-6-8(7-16)4-12(14)15/h2-3,5,8,16H,4,6-7H2,1H3. The van der Waals surface area contributed by atoms with Gasteiger partial charge in [0.25, 0.3) is 0 Å². The van der Waals surface area contributed by atoms with Gasteiger partial charge < -0.3 is 4.90 Å². The van der Waals surface area contributed by atoms with Gasteiger partial charge in [-0.1, -0.05) is 11.6 Å². The van der Waals surface area contributed by atoms with Gasteiger partial charge in [0.15, 0.2) is 0 Å². The third kappa shape index (κ3) is 2.75. The average Bonchev–Trinajstić information content (AvgIpc) is 2.70. The lowest BCUT2D eigenvalue weighted by Gasteiger charge is -2.19. The van der Waals surface area contributed by atoms with E-state index >= 15 is 0 Å². The van der Waals surface area contributed by atoms with Crippen molar-refractivity contribution >= 4 is 47.6 Å². The molecule has 0 N–H and O–H groups in total. The molecule has 0 aliphatic carbocycles. The van der Waals surface area contributed by atoms with Gasteiger partial charge in [-0.05, 0) is 36.1 Å². The monoisotopic (exact) mass is 287 g/mol. The van der Waals surface area contributed by atoms with Gasteiger partial charge >= 0.3 is 0 Å². The summed E-state index contributed by atoms with van der Waals surface area (Å²) in [6, 6.07) is 5.68. The van der Waals surface area contributed by atoms with Gasteiger partial charge in [0.05, 0.1) is 5.69 Å². The summed E-state index contributed by atoms with van der Waals surface area (Å²) >= 11 is 11.9. The highest BCUT2D eigenvalue weighted by atomic mass is 35.5. The Kier molecular flexibility index (Phi) is 4.28. The summed E-state index contributed by atoms with van der Waals surface area (Å²) in [6.45, 7) is 0.746. The Balaban J connectivity index is 2.33. The molecule has 1 unspecified atom stereocenters. The number of benzene rings is 1. The molecule has 0 spiro atoms. The molecule has 2 nitrogen and oxygen atoms in total. The maximum Gasteiger partial charge on any atom is 0.227 e. The molecule has 1 aliphatic heterocycles. The lowest BCUT2D eigenvalue weighted by atomic mass is 10.1. The number of carbonyl (C=O) groups is 1. The van der Waals surface area contributed by atoms with Crippen molar-refractivity contribution in [2.75, 3.05) is 23.5 Å². The van der Waals surface area contributed by atoms with E-state index < -0.39 is 0 Å². The fourth-order valence-corrected chi connectivity index (χ4v) is 3.00. The van der Waals surface area contributed by atoms with Gasteiger partial charge in [-0.2, -0.15) is 12.6 Å². The second-order valence-corrected chi connectivity index (χ2v) is 5.72. The summed E-state index contributed by atoms with van der Waals surface area (Å²) in [5, 5.41) is 0.667. The first-order valence-electron chi connectivity index (χ1n) is 5.40. The maximum absolute atomic E-state index is 12.0. The van der Waals surface area contributed by atoms with E-state index in [2.05, 4.69) is 12.6 Å². The van der Waals surface area contributed by atoms with Gasteiger partial charge in [-0.15, -0.1) is 11.8 Å². The quantitative estimate of drug-likeness (QED) is 0.680. The van der Waals surface area contributed by atoms with E-state index in [0.29, 0.717) is 17.4 Å². The molecule has 1 aromatic rings. The summed E-state index contributed by atoms with van der Waals surface area (Å²) in [7, 11) is 0. The van der Waals surface area contributed by atoms with E-state index in [9.17, 15) is 4.79 Å². The number of carbonyl (C=O) groups excluding carboxylic acids is 1. The predicted molar refractivity (Wildman–Crippen MR) is 77.5 cm³/mol. The molecule has 1 amide bonds. The highest BCUT2D eigenvalue weighted by molar-refractivity contribution is 7.98.